The number of hydrogen-bond donors (Lipinski definition) is 1. The van der Waals surface area contributed by atoms with Crippen LogP contribution in [0.3, 0.4) is 0 Å². The number of benzene rings is 1. The van der Waals surface area contributed by atoms with Gasteiger partial charge in [0, 0.05) is 18.8 Å². The van der Waals surface area contributed by atoms with Crippen LogP contribution >= 0.6 is 0 Å². The Hall–Kier alpha value is -1.51. The highest BCUT2D eigenvalue weighted by atomic mass is 16.2. The van der Waals surface area contributed by atoms with Gasteiger partial charge in [-0.2, -0.15) is 0 Å². The molecule has 1 heterocycles. The molecule has 0 bridgehead atoms. The summed E-state index contributed by atoms with van der Waals surface area (Å²) in [6.07, 6.45) is 3.25. The molecule has 2 amide bonds. The van der Waals surface area contributed by atoms with E-state index in [0.717, 1.165) is 38.0 Å². The lowest BCUT2D eigenvalue weighted by molar-refractivity contribution is 0.222. The van der Waals surface area contributed by atoms with E-state index in [1.807, 2.05) is 23.1 Å². The molecule has 86 valence electrons. The molecule has 1 aromatic carbocycles. The molecule has 0 spiro atoms. The highest BCUT2D eigenvalue weighted by molar-refractivity contribution is 5.89. The molecule has 0 saturated carbocycles. The van der Waals surface area contributed by atoms with E-state index in [0.29, 0.717) is 0 Å². The quantitative estimate of drug-likeness (QED) is 0.813. The molecule has 1 fully saturated rings. The molecule has 0 aromatic heterocycles. The zero-order chi connectivity index (χ0) is 11.4. The topological polar surface area (TPSA) is 32.3 Å². The predicted molar refractivity (Wildman–Crippen MR) is 65.6 cm³/mol. The van der Waals surface area contributed by atoms with Gasteiger partial charge >= 0.3 is 6.03 Å². The van der Waals surface area contributed by atoms with Crippen LogP contribution in [0.2, 0.25) is 0 Å². The van der Waals surface area contributed by atoms with Gasteiger partial charge in [-0.05, 0) is 37.0 Å². The van der Waals surface area contributed by atoms with Crippen LogP contribution in [0.1, 0.15) is 25.3 Å². The molecule has 0 atom stereocenters. The molecule has 0 unspecified atom stereocenters. The van der Waals surface area contributed by atoms with E-state index in [-0.39, 0.29) is 6.03 Å². The molecule has 1 N–H and O–H groups in total. The summed E-state index contributed by atoms with van der Waals surface area (Å²) in [5, 5.41) is 2.95. The Kier molecular flexibility index (Phi) is 3.44. The Labute approximate surface area is 96.5 Å². The lowest BCUT2D eigenvalue weighted by atomic mass is 10.1. The predicted octanol–water partition coefficient (Wildman–Crippen LogP) is 2.88. The number of nitrogens with zero attached hydrogens (tertiary/aromatic N) is 1. The number of hydrogen-bond acceptors (Lipinski definition) is 1. The van der Waals surface area contributed by atoms with Gasteiger partial charge in [-0.15, -0.1) is 0 Å². The maximum absolute atomic E-state index is 11.8. The maximum Gasteiger partial charge on any atom is 0.321 e. The van der Waals surface area contributed by atoms with Gasteiger partial charge in [0.1, 0.15) is 0 Å². The number of nitrogens with one attached hydrogen (secondary N) is 1. The summed E-state index contributed by atoms with van der Waals surface area (Å²) >= 11 is 0. The Morgan fingerprint density at radius 1 is 1.38 bits per heavy atom. The molecule has 16 heavy (non-hydrogen) atoms. The number of urea groups is 1. The minimum absolute atomic E-state index is 0.0331. The number of amides is 2. The third-order valence-electron chi connectivity index (χ3n) is 2.98. The summed E-state index contributed by atoms with van der Waals surface area (Å²) in [6.45, 7) is 3.89. The first-order chi connectivity index (χ1) is 7.79. The van der Waals surface area contributed by atoms with Crippen LogP contribution < -0.4 is 5.32 Å². The second-order valence-electron chi connectivity index (χ2n) is 4.18. The third kappa shape index (κ3) is 2.54. The summed E-state index contributed by atoms with van der Waals surface area (Å²) < 4.78 is 0. The van der Waals surface area contributed by atoms with Gasteiger partial charge in [-0.25, -0.2) is 4.79 Å². The Bertz CT molecular complexity index is 370. The third-order valence-corrected chi connectivity index (χ3v) is 2.98. The van der Waals surface area contributed by atoms with Crippen LogP contribution in [0, 0.1) is 0 Å². The van der Waals surface area contributed by atoms with E-state index in [4.69, 9.17) is 0 Å². The molecule has 3 heteroatoms. The fourth-order valence-electron chi connectivity index (χ4n) is 1.99. The number of anilines is 1. The van der Waals surface area contributed by atoms with Crippen molar-refractivity contribution in [1.82, 2.24) is 4.90 Å². The lowest BCUT2D eigenvalue weighted by Crippen LogP contribution is -2.32. The van der Waals surface area contributed by atoms with Crippen LogP contribution in [-0.2, 0) is 6.42 Å². The summed E-state index contributed by atoms with van der Waals surface area (Å²) in [5.74, 6) is 0. The second-order valence-corrected chi connectivity index (χ2v) is 4.18. The van der Waals surface area contributed by atoms with Crippen LogP contribution in [-0.4, -0.2) is 24.0 Å². The number of likely N-dealkylation sites (tertiary alicyclic amines) is 1. The zero-order valence-electron chi connectivity index (χ0n) is 9.70. The van der Waals surface area contributed by atoms with Crippen molar-refractivity contribution < 1.29 is 4.79 Å². The fourth-order valence-corrected chi connectivity index (χ4v) is 1.99. The van der Waals surface area contributed by atoms with Gasteiger partial charge in [-0.1, -0.05) is 19.1 Å². The van der Waals surface area contributed by atoms with Gasteiger partial charge in [-0.3, -0.25) is 0 Å². The van der Waals surface area contributed by atoms with E-state index in [9.17, 15) is 4.79 Å². The molecule has 1 aromatic rings. The minimum atomic E-state index is 0.0331. The van der Waals surface area contributed by atoms with Crippen molar-refractivity contribution in [3.63, 3.8) is 0 Å². The molecular formula is C13H18N2O. The highest BCUT2D eigenvalue weighted by Crippen LogP contribution is 2.14. The van der Waals surface area contributed by atoms with Crippen LogP contribution in [0.4, 0.5) is 10.5 Å². The van der Waals surface area contributed by atoms with Crippen molar-refractivity contribution in [3.8, 4) is 0 Å². The first kappa shape index (κ1) is 11.0. The van der Waals surface area contributed by atoms with E-state index in [2.05, 4.69) is 18.3 Å². The first-order valence-electron chi connectivity index (χ1n) is 5.94. The summed E-state index contributed by atoms with van der Waals surface area (Å²) in [6, 6.07) is 8.07. The number of carbonyl (C=O) groups excluding carboxylic acids is 1. The van der Waals surface area contributed by atoms with Crippen molar-refractivity contribution in [3.05, 3.63) is 29.8 Å². The molecule has 1 saturated heterocycles. The molecule has 0 radical (unpaired) electrons. The smallest absolute Gasteiger partial charge is 0.321 e. The molecule has 3 nitrogen and oxygen atoms in total. The van der Waals surface area contributed by atoms with Crippen molar-refractivity contribution in [2.45, 2.75) is 26.2 Å². The number of carbonyl (C=O) groups is 1. The lowest BCUT2D eigenvalue weighted by Gasteiger charge is -2.16. The van der Waals surface area contributed by atoms with Gasteiger partial charge in [0.15, 0.2) is 0 Å². The Morgan fingerprint density at radius 3 is 2.81 bits per heavy atom. The second kappa shape index (κ2) is 5.01. The highest BCUT2D eigenvalue weighted by Gasteiger charge is 2.17. The average Bonchev–Trinajstić information content (AvgIpc) is 2.83. The normalized spacial score (nSPS) is 15.2. The fraction of sp³-hybridized carbons (Fsp3) is 0.462. The molecule has 0 aliphatic carbocycles. The number of rotatable bonds is 2. The standard InChI is InChI=1S/C13H18N2O/c1-2-11-6-5-7-12(10-11)14-13(16)15-8-3-4-9-15/h5-7,10H,2-4,8-9H2,1H3,(H,14,16). The Balaban J connectivity index is 1.99. The maximum atomic E-state index is 11.8. The van der Waals surface area contributed by atoms with Gasteiger partial charge in [0.2, 0.25) is 0 Å². The van der Waals surface area contributed by atoms with E-state index in [1.54, 1.807) is 0 Å². The first-order valence-corrected chi connectivity index (χ1v) is 5.94. The van der Waals surface area contributed by atoms with E-state index >= 15 is 0 Å². The van der Waals surface area contributed by atoms with Crippen LogP contribution in [0.5, 0.6) is 0 Å². The van der Waals surface area contributed by atoms with Crippen LogP contribution in [0.25, 0.3) is 0 Å². The molecule has 2 rings (SSSR count). The zero-order valence-corrected chi connectivity index (χ0v) is 9.70. The SMILES string of the molecule is CCc1cccc(NC(=O)N2CCCC2)c1. The van der Waals surface area contributed by atoms with Gasteiger partial charge < -0.3 is 10.2 Å². The average molecular weight is 218 g/mol. The van der Waals surface area contributed by atoms with Gasteiger partial charge in [0.25, 0.3) is 0 Å². The summed E-state index contributed by atoms with van der Waals surface area (Å²) in [4.78, 5) is 13.7. The van der Waals surface area contributed by atoms with E-state index < -0.39 is 0 Å². The van der Waals surface area contributed by atoms with Crippen LogP contribution in [0.15, 0.2) is 24.3 Å². The molecular weight excluding hydrogens is 200 g/mol. The van der Waals surface area contributed by atoms with E-state index in [1.165, 1.54) is 5.56 Å². The monoisotopic (exact) mass is 218 g/mol. The number of aryl methyl sites for hydroxylation is 1. The van der Waals surface area contributed by atoms with Gasteiger partial charge in [0.05, 0.1) is 0 Å². The minimum Gasteiger partial charge on any atom is -0.325 e. The van der Waals surface area contributed by atoms with Crippen molar-refractivity contribution in [1.29, 1.82) is 0 Å². The van der Waals surface area contributed by atoms with Crippen molar-refractivity contribution in [2.24, 2.45) is 0 Å². The summed E-state index contributed by atoms with van der Waals surface area (Å²) in [5.41, 5.74) is 2.15. The molecule has 1 aliphatic rings. The Morgan fingerprint density at radius 2 is 2.12 bits per heavy atom. The summed E-state index contributed by atoms with van der Waals surface area (Å²) in [7, 11) is 0. The van der Waals surface area contributed by atoms with Crippen molar-refractivity contribution in [2.75, 3.05) is 18.4 Å². The van der Waals surface area contributed by atoms with Crippen molar-refractivity contribution >= 4 is 11.7 Å². The molecule has 1 aliphatic heterocycles. The largest absolute Gasteiger partial charge is 0.325 e.